The maximum atomic E-state index is 10.9. The summed E-state index contributed by atoms with van der Waals surface area (Å²) in [5.41, 5.74) is 0.769. The van der Waals surface area contributed by atoms with Crippen LogP contribution in [-0.4, -0.2) is 18.3 Å². The van der Waals surface area contributed by atoms with Crippen molar-refractivity contribution in [1.29, 1.82) is 0 Å². The van der Waals surface area contributed by atoms with Crippen molar-refractivity contribution in [2.24, 2.45) is 0 Å². The molecule has 3 nitrogen and oxygen atoms in total. The Morgan fingerprint density at radius 3 is 2.54 bits per heavy atom. The van der Waals surface area contributed by atoms with Gasteiger partial charge in [0.25, 0.3) is 0 Å². The number of hydrogen-bond acceptors (Lipinski definition) is 2. The van der Waals surface area contributed by atoms with Gasteiger partial charge in [-0.2, -0.15) is 0 Å². The number of halogens is 1. The van der Waals surface area contributed by atoms with E-state index < -0.39 is 0 Å². The van der Waals surface area contributed by atoms with Gasteiger partial charge >= 0.3 is 0 Å². The Labute approximate surface area is 85.2 Å². The Morgan fingerprint density at radius 1 is 1.46 bits per heavy atom. The first-order valence-corrected chi connectivity index (χ1v) is 4.88. The van der Waals surface area contributed by atoms with Crippen LogP contribution in [0, 0.1) is 0 Å². The van der Waals surface area contributed by atoms with E-state index in [0.717, 1.165) is 11.4 Å². The number of methoxy groups -OCH3 is 1. The lowest BCUT2D eigenvalue weighted by atomic mass is 10.3. The number of carbonyl (C=O) groups excluding carboxylic acids is 1. The topological polar surface area (TPSA) is 38.3 Å². The zero-order chi connectivity index (χ0) is 9.68. The van der Waals surface area contributed by atoms with Gasteiger partial charge in [0, 0.05) is 5.69 Å². The molecule has 0 saturated carbocycles. The molecule has 0 saturated heterocycles. The zero-order valence-corrected chi connectivity index (χ0v) is 8.80. The molecule has 1 N–H and O–H groups in total. The molecule has 0 bridgehead atoms. The Kier molecular flexibility index (Phi) is 3.76. The molecule has 1 amide bonds. The standard InChI is InChI=1S/C9H10BrNO2/c1-13-8-4-2-7(3-5-8)11-9(12)6-10/h2-5H,6H2,1H3,(H,11,12). The second-order valence-corrected chi connectivity index (χ2v) is 2.97. The molecule has 13 heavy (non-hydrogen) atoms. The molecule has 1 aromatic rings. The number of carbonyl (C=O) groups is 1. The maximum absolute atomic E-state index is 10.9. The molecule has 4 heteroatoms. The summed E-state index contributed by atoms with van der Waals surface area (Å²) >= 11 is 3.06. The van der Waals surface area contributed by atoms with Crippen LogP contribution >= 0.6 is 15.9 Å². The fourth-order valence-electron chi connectivity index (χ4n) is 0.869. The minimum atomic E-state index is -0.0647. The number of nitrogens with one attached hydrogen (secondary N) is 1. The van der Waals surface area contributed by atoms with E-state index in [2.05, 4.69) is 21.2 Å². The molecule has 70 valence electrons. The summed E-state index contributed by atoms with van der Waals surface area (Å²) in [6, 6.07) is 7.17. The van der Waals surface area contributed by atoms with Crippen molar-refractivity contribution in [3.8, 4) is 5.75 Å². The van der Waals surface area contributed by atoms with Gasteiger partial charge in [0.2, 0.25) is 5.91 Å². The van der Waals surface area contributed by atoms with E-state index >= 15 is 0 Å². The summed E-state index contributed by atoms with van der Waals surface area (Å²) in [6.45, 7) is 0. The van der Waals surface area contributed by atoms with Crippen LogP contribution < -0.4 is 10.1 Å². The molecule has 0 spiro atoms. The van der Waals surface area contributed by atoms with Gasteiger partial charge in [0.15, 0.2) is 0 Å². The van der Waals surface area contributed by atoms with Crippen LogP contribution in [-0.2, 0) is 4.79 Å². The molecule has 0 aliphatic rings. The number of amides is 1. The molecule has 0 unspecified atom stereocenters. The van der Waals surface area contributed by atoms with Gasteiger partial charge in [-0.15, -0.1) is 0 Å². The van der Waals surface area contributed by atoms with Crippen LogP contribution in [0.5, 0.6) is 5.75 Å². The molecular weight excluding hydrogens is 234 g/mol. The third-order valence-corrected chi connectivity index (χ3v) is 2.00. The van der Waals surface area contributed by atoms with Crippen molar-refractivity contribution in [3.63, 3.8) is 0 Å². The first kappa shape index (κ1) is 10.1. The van der Waals surface area contributed by atoms with E-state index in [-0.39, 0.29) is 5.91 Å². The van der Waals surface area contributed by atoms with E-state index in [1.54, 1.807) is 31.4 Å². The van der Waals surface area contributed by atoms with Crippen molar-refractivity contribution in [3.05, 3.63) is 24.3 Å². The molecule has 0 radical (unpaired) electrons. The Balaban J connectivity index is 2.64. The van der Waals surface area contributed by atoms with E-state index in [1.807, 2.05) is 0 Å². The van der Waals surface area contributed by atoms with Crippen molar-refractivity contribution < 1.29 is 9.53 Å². The first-order chi connectivity index (χ1) is 6.26. The Hall–Kier alpha value is -1.03. The smallest absolute Gasteiger partial charge is 0.235 e. The molecule has 1 rings (SSSR count). The lowest BCUT2D eigenvalue weighted by molar-refractivity contribution is -0.113. The highest BCUT2D eigenvalue weighted by atomic mass is 79.9. The Bertz CT molecular complexity index is 284. The first-order valence-electron chi connectivity index (χ1n) is 3.76. The van der Waals surface area contributed by atoms with E-state index in [1.165, 1.54) is 0 Å². The highest BCUT2D eigenvalue weighted by Crippen LogP contribution is 2.14. The summed E-state index contributed by atoms with van der Waals surface area (Å²) in [4.78, 5) is 10.9. The van der Waals surface area contributed by atoms with Crippen molar-refractivity contribution in [2.45, 2.75) is 0 Å². The average molecular weight is 244 g/mol. The molecule has 0 fully saturated rings. The fourth-order valence-corrected chi connectivity index (χ4v) is 1.01. The minimum Gasteiger partial charge on any atom is -0.497 e. The highest BCUT2D eigenvalue weighted by Gasteiger charge is 1.98. The molecule has 0 aliphatic heterocycles. The molecule has 0 aromatic heterocycles. The van der Waals surface area contributed by atoms with Crippen LogP contribution in [0.25, 0.3) is 0 Å². The lowest BCUT2D eigenvalue weighted by Gasteiger charge is -2.03. The monoisotopic (exact) mass is 243 g/mol. The molecule has 0 atom stereocenters. The zero-order valence-electron chi connectivity index (χ0n) is 7.21. The number of anilines is 1. The molecule has 0 heterocycles. The van der Waals surface area contributed by atoms with Crippen molar-refractivity contribution in [1.82, 2.24) is 0 Å². The maximum Gasteiger partial charge on any atom is 0.235 e. The fraction of sp³-hybridized carbons (Fsp3) is 0.222. The van der Waals surface area contributed by atoms with Crippen molar-refractivity contribution >= 4 is 27.5 Å². The second kappa shape index (κ2) is 4.87. The number of rotatable bonds is 3. The van der Waals surface area contributed by atoms with Crippen LogP contribution in [0.4, 0.5) is 5.69 Å². The molecular formula is C9H10BrNO2. The average Bonchev–Trinajstić information content (AvgIpc) is 2.19. The van der Waals surface area contributed by atoms with Crippen LogP contribution in [0.1, 0.15) is 0 Å². The van der Waals surface area contributed by atoms with Gasteiger partial charge in [-0.3, -0.25) is 4.79 Å². The molecule has 0 aliphatic carbocycles. The van der Waals surface area contributed by atoms with Gasteiger partial charge in [0.1, 0.15) is 5.75 Å². The normalized spacial score (nSPS) is 9.38. The summed E-state index contributed by atoms with van der Waals surface area (Å²) in [5, 5.41) is 3.01. The van der Waals surface area contributed by atoms with Gasteiger partial charge < -0.3 is 10.1 Å². The van der Waals surface area contributed by atoms with Gasteiger partial charge in [-0.05, 0) is 24.3 Å². The highest BCUT2D eigenvalue weighted by molar-refractivity contribution is 9.09. The third-order valence-electron chi connectivity index (χ3n) is 1.50. The van der Waals surface area contributed by atoms with E-state index in [0.29, 0.717) is 5.33 Å². The summed E-state index contributed by atoms with van der Waals surface area (Å²) < 4.78 is 4.98. The van der Waals surface area contributed by atoms with Gasteiger partial charge in [-0.1, -0.05) is 15.9 Å². The predicted octanol–water partition coefficient (Wildman–Crippen LogP) is 2.03. The summed E-state index contributed by atoms with van der Waals surface area (Å²) in [7, 11) is 1.60. The van der Waals surface area contributed by atoms with E-state index in [4.69, 9.17) is 4.74 Å². The summed E-state index contributed by atoms with van der Waals surface area (Å²) in [6.07, 6.45) is 0. The summed E-state index contributed by atoms with van der Waals surface area (Å²) in [5.74, 6) is 0.710. The van der Waals surface area contributed by atoms with Gasteiger partial charge in [-0.25, -0.2) is 0 Å². The second-order valence-electron chi connectivity index (χ2n) is 2.41. The minimum absolute atomic E-state index is 0.0647. The number of alkyl halides is 1. The van der Waals surface area contributed by atoms with E-state index in [9.17, 15) is 4.79 Å². The third kappa shape index (κ3) is 3.06. The van der Waals surface area contributed by atoms with Crippen LogP contribution in [0.15, 0.2) is 24.3 Å². The lowest BCUT2D eigenvalue weighted by Crippen LogP contribution is -2.11. The number of hydrogen-bond donors (Lipinski definition) is 1. The number of benzene rings is 1. The Morgan fingerprint density at radius 2 is 2.08 bits per heavy atom. The van der Waals surface area contributed by atoms with Crippen molar-refractivity contribution in [2.75, 3.05) is 17.8 Å². The largest absolute Gasteiger partial charge is 0.497 e. The van der Waals surface area contributed by atoms with Crippen LogP contribution in [0.3, 0.4) is 0 Å². The van der Waals surface area contributed by atoms with Crippen LogP contribution in [0.2, 0.25) is 0 Å². The SMILES string of the molecule is COc1ccc(NC(=O)CBr)cc1. The predicted molar refractivity (Wildman–Crippen MR) is 55.4 cm³/mol. The quantitative estimate of drug-likeness (QED) is 0.826. The van der Waals surface area contributed by atoms with Gasteiger partial charge in [0.05, 0.1) is 12.4 Å². The number of ether oxygens (including phenoxy) is 1. The molecule has 1 aromatic carbocycles.